The summed E-state index contributed by atoms with van der Waals surface area (Å²) in [6, 6.07) is 0. The quantitative estimate of drug-likeness (QED) is 0.592. The number of nitrogens with zero attached hydrogens (tertiary/aromatic N) is 3. The van der Waals surface area contributed by atoms with Crippen molar-refractivity contribution in [1.82, 2.24) is 14.7 Å². The Labute approximate surface area is 183 Å². The van der Waals surface area contributed by atoms with Crippen LogP contribution in [0.4, 0.5) is 0 Å². The van der Waals surface area contributed by atoms with E-state index in [4.69, 9.17) is 0 Å². The second-order valence-electron chi connectivity index (χ2n) is 11.5. The van der Waals surface area contributed by atoms with E-state index in [1.54, 1.807) is 0 Å². The number of allylic oxidation sites excluding steroid dienone is 1. The van der Waals surface area contributed by atoms with Gasteiger partial charge < -0.3 is 9.80 Å². The van der Waals surface area contributed by atoms with Crippen molar-refractivity contribution in [2.24, 2.45) is 22.7 Å². The third kappa shape index (κ3) is 5.27. The maximum Gasteiger partial charge on any atom is 0.223 e. The Morgan fingerprint density at radius 2 is 1.83 bits per heavy atom. The van der Waals surface area contributed by atoms with Crippen molar-refractivity contribution in [3.63, 3.8) is 0 Å². The molecule has 4 rings (SSSR count). The summed E-state index contributed by atoms with van der Waals surface area (Å²) >= 11 is 0. The van der Waals surface area contributed by atoms with Crippen LogP contribution in [0.2, 0.25) is 0 Å². The molecule has 1 heterocycles. The van der Waals surface area contributed by atoms with Gasteiger partial charge in [0.15, 0.2) is 0 Å². The molecule has 0 aromatic rings. The van der Waals surface area contributed by atoms with Crippen LogP contribution < -0.4 is 0 Å². The molecule has 1 saturated carbocycles. The van der Waals surface area contributed by atoms with Crippen molar-refractivity contribution in [3.05, 3.63) is 11.6 Å². The number of amides is 2. The topological polar surface area (TPSA) is 43.9 Å². The van der Waals surface area contributed by atoms with Gasteiger partial charge in [0.1, 0.15) is 0 Å². The van der Waals surface area contributed by atoms with Crippen LogP contribution in [0.1, 0.15) is 67.2 Å². The smallest absolute Gasteiger partial charge is 0.223 e. The average molecular weight is 418 g/mol. The summed E-state index contributed by atoms with van der Waals surface area (Å²) < 4.78 is 0. The molecule has 30 heavy (non-hydrogen) atoms. The Bertz CT molecular complexity index is 668. The SMILES string of the molecule is CCC(=O)N(CCN1CCN(C(=O)CC(C)(C)C)CC1)CC1=CCC2CC1C2(C)C. The lowest BCUT2D eigenvalue weighted by molar-refractivity contribution is -0.134. The highest BCUT2D eigenvalue weighted by atomic mass is 16.2. The van der Waals surface area contributed by atoms with E-state index in [0.717, 1.165) is 51.7 Å². The summed E-state index contributed by atoms with van der Waals surface area (Å²) in [5.41, 5.74) is 1.93. The molecule has 2 atom stereocenters. The standard InChI is InChI=1S/C25H43N3O2/c1-7-22(29)28(18-19-8-9-20-16-21(19)25(20,5)6)15-12-26-10-13-27(14-11-26)23(30)17-24(2,3)4/h8,20-21H,7,9-18H2,1-6H3. The van der Waals surface area contributed by atoms with E-state index in [1.165, 1.54) is 18.4 Å². The van der Waals surface area contributed by atoms with E-state index in [2.05, 4.69) is 50.5 Å². The average Bonchev–Trinajstić information content (AvgIpc) is 2.69. The van der Waals surface area contributed by atoms with Crippen LogP contribution in [0.15, 0.2) is 11.6 Å². The number of fused-ring (bicyclic) bond motifs is 1. The first-order chi connectivity index (χ1) is 14.0. The lowest BCUT2D eigenvalue weighted by atomic mass is 9.49. The highest BCUT2D eigenvalue weighted by Gasteiger charge is 2.51. The highest BCUT2D eigenvalue weighted by molar-refractivity contribution is 5.77. The summed E-state index contributed by atoms with van der Waals surface area (Å²) in [7, 11) is 0. The summed E-state index contributed by atoms with van der Waals surface area (Å²) in [5.74, 6) is 2.02. The fourth-order valence-electron chi connectivity index (χ4n) is 5.44. The Morgan fingerprint density at radius 3 is 2.37 bits per heavy atom. The largest absolute Gasteiger partial charge is 0.340 e. The van der Waals surface area contributed by atoms with E-state index in [0.29, 0.717) is 24.2 Å². The van der Waals surface area contributed by atoms with Gasteiger partial charge in [-0.3, -0.25) is 14.5 Å². The van der Waals surface area contributed by atoms with Crippen molar-refractivity contribution < 1.29 is 9.59 Å². The van der Waals surface area contributed by atoms with Crippen LogP contribution in [0, 0.1) is 22.7 Å². The second kappa shape index (κ2) is 9.02. The van der Waals surface area contributed by atoms with E-state index in [-0.39, 0.29) is 17.2 Å². The molecule has 2 unspecified atom stereocenters. The molecule has 2 fully saturated rings. The van der Waals surface area contributed by atoms with E-state index in [9.17, 15) is 9.59 Å². The van der Waals surface area contributed by atoms with Crippen LogP contribution in [0.5, 0.6) is 0 Å². The number of carbonyl (C=O) groups excluding carboxylic acids is 2. The Kier molecular flexibility index (Phi) is 7.01. The first-order valence-electron chi connectivity index (χ1n) is 12.0. The molecule has 0 spiro atoms. The zero-order valence-electron chi connectivity index (χ0n) is 20.2. The molecule has 0 radical (unpaired) electrons. The summed E-state index contributed by atoms with van der Waals surface area (Å²) in [5, 5.41) is 0. The number of piperazine rings is 1. The number of carbonyl (C=O) groups is 2. The molecule has 0 N–H and O–H groups in total. The minimum absolute atomic E-state index is 0.0397. The van der Waals surface area contributed by atoms with Gasteiger partial charge in [0.25, 0.3) is 0 Å². The lowest BCUT2D eigenvalue weighted by Crippen LogP contribution is -2.52. The van der Waals surface area contributed by atoms with Gasteiger partial charge in [-0.2, -0.15) is 0 Å². The van der Waals surface area contributed by atoms with Crippen LogP contribution in [-0.2, 0) is 9.59 Å². The monoisotopic (exact) mass is 417 g/mol. The first-order valence-corrected chi connectivity index (χ1v) is 12.0. The van der Waals surface area contributed by atoms with Gasteiger partial charge in [0.2, 0.25) is 11.8 Å². The zero-order chi connectivity index (χ0) is 22.1. The second-order valence-corrected chi connectivity index (χ2v) is 11.5. The Morgan fingerprint density at radius 1 is 1.17 bits per heavy atom. The molecule has 2 bridgehead atoms. The van der Waals surface area contributed by atoms with E-state index in [1.807, 2.05) is 11.8 Å². The Hall–Kier alpha value is -1.36. The van der Waals surface area contributed by atoms with Crippen molar-refractivity contribution in [2.45, 2.75) is 67.2 Å². The normalized spacial score (nSPS) is 26.1. The summed E-state index contributed by atoms with van der Waals surface area (Å²) in [6.07, 6.45) is 6.08. The molecule has 1 saturated heterocycles. The van der Waals surface area contributed by atoms with Crippen LogP contribution >= 0.6 is 0 Å². The van der Waals surface area contributed by atoms with Gasteiger partial charge in [-0.1, -0.05) is 53.2 Å². The van der Waals surface area contributed by atoms with Crippen molar-refractivity contribution >= 4 is 11.8 Å². The molecule has 0 aromatic carbocycles. The van der Waals surface area contributed by atoms with Gasteiger partial charge in [0.05, 0.1) is 0 Å². The van der Waals surface area contributed by atoms with Gasteiger partial charge in [-0.05, 0) is 35.5 Å². The summed E-state index contributed by atoms with van der Waals surface area (Å²) in [4.78, 5) is 31.6. The first kappa shape index (κ1) is 23.3. The molecular weight excluding hydrogens is 374 g/mol. The minimum atomic E-state index is 0.0397. The molecule has 1 aliphatic heterocycles. The fourth-order valence-corrected chi connectivity index (χ4v) is 5.44. The summed E-state index contributed by atoms with van der Waals surface area (Å²) in [6.45, 7) is 19.0. The van der Waals surface area contributed by atoms with Crippen molar-refractivity contribution in [3.8, 4) is 0 Å². The van der Waals surface area contributed by atoms with Crippen molar-refractivity contribution in [1.29, 1.82) is 0 Å². The predicted molar refractivity (Wildman–Crippen MR) is 122 cm³/mol. The van der Waals surface area contributed by atoms with Gasteiger partial charge >= 0.3 is 0 Å². The molecule has 5 heteroatoms. The molecular formula is C25H43N3O2. The lowest BCUT2D eigenvalue weighted by Gasteiger charge is -2.57. The predicted octanol–water partition coefficient (Wildman–Crippen LogP) is 3.80. The third-order valence-electron chi connectivity index (χ3n) is 7.70. The van der Waals surface area contributed by atoms with Crippen LogP contribution in [0.3, 0.4) is 0 Å². The zero-order valence-corrected chi connectivity index (χ0v) is 20.2. The van der Waals surface area contributed by atoms with E-state index >= 15 is 0 Å². The van der Waals surface area contributed by atoms with Crippen molar-refractivity contribution in [2.75, 3.05) is 45.8 Å². The van der Waals surface area contributed by atoms with Crippen LogP contribution in [0.25, 0.3) is 0 Å². The molecule has 170 valence electrons. The molecule has 5 nitrogen and oxygen atoms in total. The highest BCUT2D eigenvalue weighted by Crippen LogP contribution is 2.59. The molecule has 2 amide bonds. The number of rotatable bonds is 7. The third-order valence-corrected chi connectivity index (χ3v) is 7.70. The fraction of sp³-hybridized carbons (Fsp3) is 0.840. The van der Waals surface area contributed by atoms with Gasteiger partial charge in [-0.15, -0.1) is 0 Å². The number of hydrogen-bond acceptors (Lipinski definition) is 3. The molecule has 3 aliphatic carbocycles. The number of hydrogen-bond donors (Lipinski definition) is 0. The van der Waals surface area contributed by atoms with Gasteiger partial charge in [-0.25, -0.2) is 0 Å². The maximum atomic E-state index is 12.6. The molecule has 4 aliphatic rings. The van der Waals surface area contributed by atoms with Crippen LogP contribution in [-0.4, -0.2) is 72.3 Å². The van der Waals surface area contributed by atoms with Gasteiger partial charge in [0, 0.05) is 58.7 Å². The minimum Gasteiger partial charge on any atom is -0.340 e. The maximum absolute atomic E-state index is 12.6. The molecule has 0 aromatic heterocycles. The Balaban J connectivity index is 1.49. The van der Waals surface area contributed by atoms with E-state index < -0.39 is 0 Å².